The van der Waals surface area contributed by atoms with E-state index in [1.807, 2.05) is 29.2 Å². The molecule has 1 aromatic carbocycles. The monoisotopic (exact) mass is 423 g/mol. The first-order valence-corrected chi connectivity index (χ1v) is 10.3. The minimum absolute atomic E-state index is 0. The lowest BCUT2D eigenvalue weighted by Gasteiger charge is -2.27. The van der Waals surface area contributed by atoms with E-state index in [4.69, 9.17) is 5.73 Å². The number of benzene rings is 1. The minimum atomic E-state index is -2.86. The molecule has 1 amide bonds. The predicted molar refractivity (Wildman–Crippen MR) is 108 cm³/mol. The zero-order valence-corrected chi connectivity index (χ0v) is 17.1. The highest BCUT2D eigenvalue weighted by Gasteiger charge is 2.28. The smallest absolute Gasteiger partial charge is 0.254 e. The number of hydrogen-bond acceptors (Lipinski definition) is 5. The summed E-state index contributed by atoms with van der Waals surface area (Å²) in [6, 6.07) is 7.81. The lowest BCUT2D eigenvalue weighted by molar-refractivity contribution is 0.0741. The summed E-state index contributed by atoms with van der Waals surface area (Å²) in [6.45, 7) is 3.07. The second-order valence-corrected chi connectivity index (χ2v) is 8.96. The third-order valence-electron chi connectivity index (χ3n) is 4.93. The molecule has 148 valence electrons. The van der Waals surface area contributed by atoms with Crippen LogP contribution < -0.4 is 5.73 Å². The Hall–Kier alpha value is -0.860. The maximum atomic E-state index is 12.7. The van der Waals surface area contributed by atoms with Crippen LogP contribution in [0.15, 0.2) is 24.3 Å². The van der Waals surface area contributed by atoms with Crippen LogP contribution in [0.5, 0.6) is 0 Å². The van der Waals surface area contributed by atoms with Crippen molar-refractivity contribution < 1.29 is 13.2 Å². The molecule has 2 aliphatic rings. The molecule has 26 heavy (non-hydrogen) atoms. The highest BCUT2D eigenvalue weighted by molar-refractivity contribution is 7.91. The quantitative estimate of drug-likeness (QED) is 0.789. The molecule has 0 aliphatic carbocycles. The van der Waals surface area contributed by atoms with E-state index >= 15 is 0 Å². The van der Waals surface area contributed by atoms with Gasteiger partial charge < -0.3 is 10.6 Å². The van der Waals surface area contributed by atoms with E-state index in [1.165, 1.54) is 0 Å². The zero-order chi connectivity index (χ0) is 17.2. The van der Waals surface area contributed by atoms with Crippen molar-refractivity contribution in [2.24, 2.45) is 5.73 Å². The Labute approximate surface area is 167 Å². The zero-order valence-electron chi connectivity index (χ0n) is 14.7. The number of carbonyl (C=O) groups is 1. The van der Waals surface area contributed by atoms with Gasteiger partial charge in [0.15, 0.2) is 9.84 Å². The molecule has 0 bridgehead atoms. The van der Waals surface area contributed by atoms with Crippen molar-refractivity contribution in [2.75, 3.05) is 37.7 Å². The van der Waals surface area contributed by atoms with Crippen LogP contribution in [-0.4, -0.2) is 67.9 Å². The van der Waals surface area contributed by atoms with Gasteiger partial charge in [0, 0.05) is 44.3 Å². The van der Waals surface area contributed by atoms with Crippen molar-refractivity contribution in [3.05, 3.63) is 35.4 Å². The van der Waals surface area contributed by atoms with Gasteiger partial charge in [0.2, 0.25) is 0 Å². The molecule has 9 heteroatoms. The number of rotatable bonds is 4. The van der Waals surface area contributed by atoms with Crippen LogP contribution in [0.25, 0.3) is 0 Å². The molecule has 1 atom stereocenters. The normalized spacial score (nSPS) is 22.3. The molecule has 0 saturated carbocycles. The number of amides is 1. The average molecular weight is 424 g/mol. The number of carbonyl (C=O) groups excluding carboxylic acids is 1. The van der Waals surface area contributed by atoms with Gasteiger partial charge in [-0.3, -0.25) is 9.69 Å². The second kappa shape index (κ2) is 9.90. The topological polar surface area (TPSA) is 83.7 Å². The lowest BCUT2D eigenvalue weighted by Crippen LogP contribution is -2.40. The molecule has 2 aliphatic heterocycles. The fourth-order valence-electron chi connectivity index (χ4n) is 3.48. The maximum absolute atomic E-state index is 12.7. The standard InChI is InChI=1S/C17H25N3O3S.2ClH/c18-12-16-5-2-6-20(16)17(21)15-4-1-3-14(11-15)13-19-7-9-24(22,23)10-8-19;;/h1,3-4,11,16H,2,5-10,12-13,18H2;2*1H. The van der Waals surface area contributed by atoms with Crippen molar-refractivity contribution >= 4 is 40.6 Å². The van der Waals surface area contributed by atoms with E-state index in [1.54, 1.807) is 0 Å². The van der Waals surface area contributed by atoms with Crippen molar-refractivity contribution in [3.8, 4) is 0 Å². The Kier molecular flexibility index (Phi) is 8.82. The summed E-state index contributed by atoms with van der Waals surface area (Å²) in [5, 5.41) is 0. The molecule has 2 heterocycles. The minimum Gasteiger partial charge on any atom is -0.334 e. The summed E-state index contributed by atoms with van der Waals surface area (Å²) in [6.07, 6.45) is 1.99. The van der Waals surface area contributed by atoms with Crippen molar-refractivity contribution in [1.82, 2.24) is 9.80 Å². The molecule has 0 radical (unpaired) electrons. The van der Waals surface area contributed by atoms with Crippen molar-refractivity contribution in [2.45, 2.75) is 25.4 Å². The molecule has 3 rings (SSSR count). The molecule has 6 nitrogen and oxygen atoms in total. The van der Waals surface area contributed by atoms with Gasteiger partial charge in [-0.05, 0) is 30.5 Å². The number of halogens is 2. The van der Waals surface area contributed by atoms with E-state index in [-0.39, 0.29) is 48.3 Å². The van der Waals surface area contributed by atoms with Crippen molar-refractivity contribution in [1.29, 1.82) is 0 Å². The van der Waals surface area contributed by atoms with E-state index in [0.717, 1.165) is 24.9 Å². The second-order valence-electron chi connectivity index (χ2n) is 6.66. The van der Waals surface area contributed by atoms with E-state index in [0.29, 0.717) is 31.7 Å². The van der Waals surface area contributed by atoms with Gasteiger partial charge in [-0.1, -0.05) is 12.1 Å². The van der Waals surface area contributed by atoms with Gasteiger partial charge in [0.1, 0.15) is 0 Å². The number of sulfone groups is 1. The molecular weight excluding hydrogens is 397 g/mol. The van der Waals surface area contributed by atoms with E-state index in [2.05, 4.69) is 4.90 Å². The van der Waals surface area contributed by atoms with Gasteiger partial charge in [-0.2, -0.15) is 0 Å². The largest absolute Gasteiger partial charge is 0.334 e. The van der Waals surface area contributed by atoms with Crippen LogP contribution in [0.1, 0.15) is 28.8 Å². The van der Waals surface area contributed by atoms with Crippen LogP contribution in [0.3, 0.4) is 0 Å². The van der Waals surface area contributed by atoms with Crippen LogP contribution in [-0.2, 0) is 16.4 Å². The average Bonchev–Trinajstić information content (AvgIpc) is 3.05. The number of likely N-dealkylation sites (tertiary alicyclic amines) is 1. The summed E-state index contributed by atoms with van der Waals surface area (Å²) in [5.74, 6) is 0.487. The Morgan fingerprint density at radius 3 is 2.50 bits per heavy atom. The first-order valence-electron chi connectivity index (χ1n) is 8.51. The highest BCUT2D eigenvalue weighted by atomic mass is 35.5. The molecule has 0 spiro atoms. The number of nitrogens with zero attached hydrogens (tertiary/aromatic N) is 2. The first-order chi connectivity index (χ1) is 11.5. The Morgan fingerprint density at radius 1 is 1.15 bits per heavy atom. The Balaban J connectivity index is 0.00000169. The molecule has 1 aromatic rings. The summed E-state index contributed by atoms with van der Waals surface area (Å²) in [4.78, 5) is 16.7. The summed E-state index contributed by atoms with van der Waals surface area (Å²) in [5.41, 5.74) is 7.50. The fourth-order valence-corrected chi connectivity index (χ4v) is 4.76. The number of hydrogen-bond donors (Lipinski definition) is 1. The molecule has 2 N–H and O–H groups in total. The van der Waals surface area contributed by atoms with Gasteiger partial charge in [0.05, 0.1) is 11.5 Å². The first kappa shape index (κ1) is 23.2. The van der Waals surface area contributed by atoms with E-state index in [9.17, 15) is 13.2 Å². The molecule has 2 fully saturated rings. The Morgan fingerprint density at radius 2 is 1.85 bits per heavy atom. The molecular formula is C17H27Cl2N3O3S. The highest BCUT2D eigenvalue weighted by Crippen LogP contribution is 2.20. The third-order valence-corrected chi connectivity index (χ3v) is 6.54. The molecule has 0 aromatic heterocycles. The summed E-state index contributed by atoms with van der Waals surface area (Å²) < 4.78 is 23.0. The van der Waals surface area contributed by atoms with Gasteiger partial charge in [0.25, 0.3) is 5.91 Å². The van der Waals surface area contributed by atoms with Crippen LogP contribution in [0.4, 0.5) is 0 Å². The van der Waals surface area contributed by atoms with E-state index < -0.39 is 9.84 Å². The fraction of sp³-hybridized carbons (Fsp3) is 0.588. The lowest BCUT2D eigenvalue weighted by atomic mass is 10.1. The van der Waals surface area contributed by atoms with Gasteiger partial charge in [-0.25, -0.2) is 8.42 Å². The summed E-state index contributed by atoms with van der Waals surface area (Å²) in [7, 11) is -2.86. The van der Waals surface area contributed by atoms with Crippen molar-refractivity contribution in [3.63, 3.8) is 0 Å². The maximum Gasteiger partial charge on any atom is 0.254 e. The summed E-state index contributed by atoms with van der Waals surface area (Å²) >= 11 is 0. The van der Waals surface area contributed by atoms with Crippen LogP contribution in [0.2, 0.25) is 0 Å². The third kappa shape index (κ3) is 5.57. The van der Waals surface area contributed by atoms with Gasteiger partial charge in [-0.15, -0.1) is 24.8 Å². The van der Waals surface area contributed by atoms with Gasteiger partial charge >= 0.3 is 0 Å². The number of nitrogens with two attached hydrogens (primary N) is 1. The van der Waals surface area contributed by atoms with Crippen LogP contribution in [0, 0.1) is 0 Å². The predicted octanol–water partition coefficient (Wildman–Crippen LogP) is 1.32. The Bertz CT molecular complexity index is 701. The SMILES string of the molecule is Cl.Cl.NCC1CCCN1C(=O)c1cccc(CN2CCS(=O)(=O)CC2)c1. The molecule has 1 unspecified atom stereocenters. The van der Waals surface area contributed by atoms with Crippen LogP contribution >= 0.6 is 24.8 Å². The molecule has 2 saturated heterocycles.